The summed E-state index contributed by atoms with van der Waals surface area (Å²) in [6.07, 6.45) is 6.88. The van der Waals surface area contributed by atoms with Gasteiger partial charge in [0.25, 0.3) is 0 Å². The van der Waals surface area contributed by atoms with E-state index < -0.39 is 5.97 Å². The largest absolute Gasteiger partial charge is 0.478 e. The number of piperidine rings is 1. The van der Waals surface area contributed by atoms with Gasteiger partial charge in [0.15, 0.2) is 5.84 Å². The molecule has 34 heavy (non-hydrogen) atoms. The van der Waals surface area contributed by atoms with E-state index in [2.05, 4.69) is 54.0 Å². The van der Waals surface area contributed by atoms with Crippen LogP contribution < -0.4 is 16.0 Å². The summed E-state index contributed by atoms with van der Waals surface area (Å²) in [5, 5.41) is 19.4. The van der Waals surface area contributed by atoms with Crippen LogP contribution in [0.15, 0.2) is 64.2 Å². The van der Waals surface area contributed by atoms with Crippen LogP contribution in [-0.2, 0) is 0 Å². The number of amidine groups is 1. The predicted octanol–water partition coefficient (Wildman–Crippen LogP) is 3.92. The minimum absolute atomic E-state index is 0.161. The number of hydrogen-bond acceptors (Lipinski definition) is 5. The van der Waals surface area contributed by atoms with Gasteiger partial charge in [-0.15, -0.1) is 0 Å². The van der Waals surface area contributed by atoms with E-state index in [0.717, 1.165) is 37.9 Å². The van der Waals surface area contributed by atoms with Crippen LogP contribution in [0.3, 0.4) is 0 Å². The highest BCUT2D eigenvalue weighted by molar-refractivity contribution is 6.60. The van der Waals surface area contributed by atoms with Crippen molar-refractivity contribution in [3.05, 3.63) is 60.3 Å². The smallest absolute Gasteiger partial charge is 0.335 e. The van der Waals surface area contributed by atoms with Gasteiger partial charge in [-0.2, -0.15) is 0 Å². The lowest BCUT2D eigenvalue weighted by molar-refractivity contribution is 0.0697. The number of benzene rings is 1. The molecular formula is C26H34N6O2. The number of nitrogens with zero attached hydrogens (tertiary/aromatic N) is 3. The lowest BCUT2D eigenvalue weighted by Crippen LogP contribution is -2.43. The zero-order valence-corrected chi connectivity index (χ0v) is 20.2. The second kappa shape index (κ2) is 11.6. The van der Waals surface area contributed by atoms with Crippen molar-refractivity contribution < 1.29 is 9.90 Å². The van der Waals surface area contributed by atoms with Crippen LogP contribution in [0.1, 0.15) is 49.0 Å². The number of aliphatic imine (C=N–C) groups is 3. The Labute approximate surface area is 201 Å². The number of carbonyl (C=O) groups is 1. The first-order chi connectivity index (χ1) is 16.3. The summed E-state index contributed by atoms with van der Waals surface area (Å²) in [6, 6.07) is 5.10. The van der Waals surface area contributed by atoms with Gasteiger partial charge in [-0.3, -0.25) is 4.99 Å². The number of nitrogens with one attached hydrogen (secondary N) is 3. The molecule has 0 bridgehead atoms. The van der Waals surface area contributed by atoms with Gasteiger partial charge in [-0.25, -0.2) is 14.8 Å². The average Bonchev–Trinajstić information content (AvgIpc) is 2.80. The molecule has 0 aliphatic carbocycles. The zero-order chi connectivity index (χ0) is 24.7. The first kappa shape index (κ1) is 25.1. The van der Waals surface area contributed by atoms with E-state index >= 15 is 0 Å². The monoisotopic (exact) mass is 462 g/mol. The van der Waals surface area contributed by atoms with E-state index in [-0.39, 0.29) is 11.6 Å². The fourth-order valence-corrected chi connectivity index (χ4v) is 3.74. The number of aromatic carboxylic acids is 1. The lowest BCUT2D eigenvalue weighted by atomic mass is 9.95. The number of carboxylic acids is 1. The maximum atomic E-state index is 11.5. The molecule has 1 aromatic carbocycles. The van der Waals surface area contributed by atoms with E-state index in [1.807, 2.05) is 6.08 Å². The van der Waals surface area contributed by atoms with Crippen molar-refractivity contribution in [1.82, 2.24) is 16.0 Å². The topological polar surface area (TPSA) is 110 Å². The maximum absolute atomic E-state index is 11.5. The number of hydrogen-bond donors (Lipinski definition) is 4. The molecule has 4 N–H and O–H groups in total. The van der Waals surface area contributed by atoms with Crippen LogP contribution in [0, 0.1) is 5.92 Å². The van der Waals surface area contributed by atoms with E-state index in [9.17, 15) is 9.90 Å². The molecule has 1 fully saturated rings. The Bertz CT molecular complexity index is 1070. The fourth-order valence-electron chi connectivity index (χ4n) is 3.74. The Kier molecular flexibility index (Phi) is 8.54. The third-order valence-electron chi connectivity index (χ3n) is 5.62. The molecule has 1 aromatic rings. The Hall–Kier alpha value is -3.52. The predicted molar refractivity (Wildman–Crippen MR) is 140 cm³/mol. The van der Waals surface area contributed by atoms with Gasteiger partial charge >= 0.3 is 5.97 Å². The summed E-state index contributed by atoms with van der Waals surface area (Å²) in [5.74, 6) is 0.487. The van der Waals surface area contributed by atoms with Gasteiger partial charge in [0.1, 0.15) is 5.71 Å². The van der Waals surface area contributed by atoms with E-state index in [4.69, 9.17) is 9.98 Å². The Morgan fingerprint density at radius 1 is 1.35 bits per heavy atom. The van der Waals surface area contributed by atoms with Crippen molar-refractivity contribution in [2.75, 3.05) is 20.1 Å². The fraction of sp³-hybridized carbons (Fsp3) is 0.385. The number of guanidine groups is 1. The lowest BCUT2D eigenvalue weighted by Gasteiger charge is -2.25. The standard InChI is InChI=1S/C26H34N6O2/c1-16(2)7-6-8-17(3)29-24-23(32-26(27-5)30-20-11-13-28-14-12-20)18(4)21-10-9-19(25(33)34)15-22(21)31-24/h6,8-10,15-16,20,28H,3-4,7,11-14H2,1-2,5H3,(H,27,30)(H,29,31)(H,33,34)/b8-6-,32-23+. The average molecular weight is 463 g/mol. The molecule has 180 valence electrons. The molecule has 0 unspecified atom stereocenters. The molecule has 2 aliphatic heterocycles. The van der Waals surface area contributed by atoms with Gasteiger partial charge in [0.2, 0.25) is 5.96 Å². The normalized spacial score (nSPS) is 18.2. The zero-order valence-electron chi connectivity index (χ0n) is 20.2. The Morgan fingerprint density at radius 2 is 2.09 bits per heavy atom. The van der Waals surface area contributed by atoms with E-state index in [1.165, 1.54) is 0 Å². The van der Waals surface area contributed by atoms with Crippen LogP contribution in [0.25, 0.3) is 5.57 Å². The molecule has 0 aromatic heterocycles. The van der Waals surface area contributed by atoms with Crippen LogP contribution in [0.4, 0.5) is 5.69 Å². The molecule has 0 saturated carbocycles. The number of allylic oxidation sites excluding steroid dienone is 2. The SMILES string of the molecule is C=C(/C=C\CC(C)C)NC1=Nc2cc(C(=O)O)ccc2C(=C)/C1=N\C(=N/C)NC1CCNCC1. The van der Waals surface area contributed by atoms with E-state index in [1.54, 1.807) is 25.2 Å². The molecule has 3 rings (SSSR count). The van der Waals surface area contributed by atoms with Gasteiger partial charge in [0.05, 0.1) is 11.3 Å². The van der Waals surface area contributed by atoms with Crippen molar-refractivity contribution in [3.8, 4) is 0 Å². The third kappa shape index (κ3) is 6.51. The highest BCUT2D eigenvalue weighted by atomic mass is 16.4. The molecule has 0 atom stereocenters. The molecule has 1 saturated heterocycles. The van der Waals surface area contributed by atoms with Crippen LogP contribution >= 0.6 is 0 Å². The first-order valence-corrected chi connectivity index (χ1v) is 11.6. The molecule has 0 spiro atoms. The summed E-state index contributed by atoms with van der Waals surface area (Å²) in [7, 11) is 1.70. The van der Waals surface area contributed by atoms with Gasteiger partial charge in [-0.1, -0.05) is 39.1 Å². The highest BCUT2D eigenvalue weighted by Gasteiger charge is 2.25. The molecule has 0 radical (unpaired) electrons. The molecule has 2 aliphatic rings. The Balaban J connectivity index is 1.95. The third-order valence-corrected chi connectivity index (χ3v) is 5.62. The summed E-state index contributed by atoms with van der Waals surface area (Å²) >= 11 is 0. The second-order valence-electron chi connectivity index (χ2n) is 8.83. The summed E-state index contributed by atoms with van der Waals surface area (Å²) in [4.78, 5) is 25.3. The minimum atomic E-state index is -1.01. The molecule has 2 heterocycles. The molecule has 8 nitrogen and oxygen atoms in total. The van der Waals surface area contributed by atoms with E-state index in [0.29, 0.717) is 40.4 Å². The van der Waals surface area contributed by atoms with Gasteiger partial charge < -0.3 is 21.1 Å². The summed E-state index contributed by atoms with van der Waals surface area (Å²) in [6.45, 7) is 14.5. The van der Waals surface area contributed by atoms with Crippen molar-refractivity contribution >= 4 is 34.7 Å². The first-order valence-electron chi connectivity index (χ1n) is 11.6. The van der Waals surface area contributed by atoms with Crippen LogP contribution in [-0.4, -0.2) is 54.8 Å². The molecule has 8 heteroatoms. The van der Waals surface area contributed by atoms with Crippen molar-refractivity contribution in [1.29, 1.82) is 0 Å². The number of carboxylic acid groups (broad SMARTS) is 1. The van der Waals surface area contributed by atoms with Gasteiger partial charge in [0, 0.05) is 29.9 Å². The second-order valence-corrected chi connectivity index (χ2v) is 8.83. The van der Waals surface area contributed by atoms with Gasteiger partial charge in [-0.05, 0) is 56.5 Å². The Morgan fingerprint density at radius 3 is 2.74 bits per heavy atom. The molecule has 0 amide bonds. The molecular weight excluding hydrogens is 428 g/mol. The number of fused-ring (bicyclic) bond motifs is 1. The summed E-state index contributed by atoms with van der Waals surface area (Å²) < 4.78 is 0. The van der Waals surface area contributed by atoms with Crippen molar-refractivity contribution in [2.45, 2.75) is 39.2 Å². The van der Waals surface area contributed by atoms with Crippen LogP contribution in [0.2, 0.25) is 0 Å². The minimum Gasteiger partial charge on any atom is -0.478 e. The van der Waals surface area contributed by atoms with Crippen LogP contribution in [0.5, 0.6) is 0 Å². The quantitative estimate of drug-likeness (QED) is 0.291. The number of rotatable bonds is 6. The van der Waals surface area contributed by atoms with Crippen molar-refractivity contribution in [2.24, 2.45) is 20.9 Å². The summed E-state index contributed by atoms with van der Waals surface area (Å²) in [5.41, 5.74) is 3.24. The van der Waals surface area contributed by atoms with Crippen molar-refractivity contribution in [3.63, 3.8) is 0 Å². The highest BCUT2D eigenvalue weighted by Crippen LogP contribution is 2.32. The maximum Gasteiger partial charge on any atom is 0.335 e.